The Labute approximate surface area is 82.5 Å². The number of fused-ring (bicyclic) bond motifs is 1. The fraction of sp³-hybridized carbons (Fsp3) is 0. The number of aromatic carboxylic acids is 1. The zero-order valence-electron chi connectivity index (χ0n) is 7.30. The van der Waals surface area contributed by atoms with Gasteiger partial charge in [-0.1, -0.05) is 6.07 Å². The number of aromatic amines is 1. The Morgan fingerprint density at radius 2 is 2.27 bits per heavy atom. The summed E-state index contributed by atoms with van der Waals surface area (Å²) in [6, 6.07) is 4.17. The molecule has 0 fully saturated rings. The van der Waals surface area contributed by atoms with E-state index in [1.54, 1.807) is 0 Å². The van der Waals surface area contributed by atoms with E-state index < -0.39 is 10.9 Å². The maximum absolute atomic E-state index is 10.7. The van der Waals surface area contributed by atoms with Crippen LogP contribution < -0.4 is 0 Å². The highest BCUT2D eigenvalue weighted by Crippen LogP contribution is 2.25. The SMILES string of the molecule is O=C(O)c1n[nH]c2c([N+](=O)[O-])cccc12. The fourth-order valence-electron chi connectivity index (χ4n) is 1.34. The first-order valence-electron chi connectivity index (χ1n) is 3.96. The molecule has 1 aromatic carbocycles. The Balaban J connectivity index is 2.80. The standard InChI is InChI=1S/C8H5N3O4/c12-8(13)7-4-2-1-3-5(11(14)15)6(4)9-10-7/h1-3H,(H,9,10)(H,12,13). The molecule has 1 aromatic heterocycles. The van der Waals surface area contributed by atoms with Gasteiger partial charge >= 0.3 is 5.97 Å². The molecule has 0 amide bonds. The van der Waals surface area contributed by atoms with Crippen LogP contribution in [0.25, 0.3) is 10.9 Å². The number of carboxylic acid groups (broad SMARTS) is 1. The Morgan fingerprint density at radius 1 is 1.53 bits per heavy atom. The van der Waals surface area contributed by atoms with Crippen molar-refractivity contribution in [2.45, 2.75) is 0 Å². The summed E-state index contributed by atoms with van der Waals surface area (Å²) in [5.74, 6) is -1.22. The van der Waals surface area contributed by atoms with E-state index in [1.807, 2.05) is 0 Å². The third-order valence-electron chi connectivity index (χ3n) is 1.98. The number of carboxylic acids is 1. The van der Waals surface area contributed by atoms with Gasteiger partial charge < -0.3 is 5.11 Å². The molecule has 0 aliphatic heterocycles. The van der Waals surface area contributed by atoms with Crippen molar-refractivity contribution in [3.63, 3.8) is 0 Å². The van der Waals surface area contributed by atoms with Crippen molar-refractivity contribution in [3.05, 3.63) is 34.0 Å². The van der Waals surface area contributed by atoms with E-state index >= 15 is 0 Å². The lowest BCUT2D eigenvalue weighted by Crippen LogP contribution is -1.96. The molecule has 2 rings (SSSR count). The van der Waals surface area contributed by atoms with Crippen LogP contribution in [0.1, 0.15) is 10.5 Å². The molecule has 1 heterocycles. The van der Waals surface area contributed by atoms with Crippen LogP contribution in [0.5, 0.6) is 0 Å². The molecule has 0 saturated carbocycles. The summed E-state index contributed by atoms with van der Waals surface area (Å²) < 4.78 is 0. The Bertz CT molecular complexity index is 560. The Kier molecular flexibility index (Phi) is 1.86. The average molecular weight is 207 g/mol. The van der Waals surface area contributed by atoms with Gasteiger partial charge in [0.25, 0.3) is 5.69 Å². The number of nitrogens with zero attached hydrogens (tertiary/aromatic N) is 2. The number of nitro benzene ring substituents is 1. The summed E-state index contributed by atoms with van der Waals surface area (Å²) in [5, 5.41) is 25.4. The van der Waals surface area contributed by atoms with Gasteiger partial charge in [0.15, 0.2) is 5.69 Å². The minimum absolute atomic E-state index is 0.125. The Hall–Kier alpha value is -2.44. The van der Waals surface area contributed by atoms with Gasteiger partial charge in [0, 0.05) is 11.5 Å². The van der Waals surface area contributed by atoms with Crippen LogP contribution in [0.3, 0.4) is 0 Å². The van der Waals surface area contributed by atoms with Crippen molar-refractivity contribution in [2.24, 2.45) is 0 Å². The van der Waals surface area contributed by atoms with Crippen LogP contribution in [-0.2, 0) is 0 Å². The molecule has 0 aliphatic carbocycles. The number of nitro groups is 1. The number of H-pyrrole nitrogens is 1. The molecule has 0 radical (unpaired) electrons. The summed E-state index contributed by atoms with van der Waals surface area (Å²) in [7, 11) is 0. The predicted octanol–water partition coefficient (Wildman–Crippen LogP) is 1.17. The van der Waals surface area contributed by atoms with E-state index in [-0.39, 0.29) is 22.3 Å². The third kappa shape index (κ3) is 1.30. The van der Waals surface area contributed by atoms with Crippen molar-refractivity contribution in [1.82, 2.24) is 10.2 Å². The maximum atomic E-state index is 10.7. The van der Waals surface area contributed by atoms with Crippen LogP contribution in [0.2, 0.25) is 0 Å². The van der Waals surface area contributed by atoms with Crippen molar-refractivity contribution in [1.29, 1.82) is 0 Å². The molecule has 0 aliphatic rings. The first kappa shape index (κ1) is 9.13. The second-order valence-corrected chi connectivity index (χ2v) is 2.83. The molecular formula is C8H5N3O4. The number of para-hydroxylation sites is 1. The number of hydrogen-bond donors (Lipinski definition) is 2. The summed E-state index contributed by atoms with van der Waals surface area (Å²) in [4.78, 5) is 20.7. The van der Waals surface area contributed by atoms with Crippen LogP contribution in [-0.4, -0.2) is 26.2 Å². The van der Waals surface area contributed by atoms with Crippen molar-refractivity contribution < 1.29 is 14.8 Å². The number of rotatable bonds is 2. The molecule has 0 spiro atoms. The summed E-state index contributed by atoms with van der Waals surface area (Å²) in [6.45, 7) is 0. The van der Waals surface area contributed by atoms with Gasteiger partial charge in [-0.25, -0.2) is 4.79 Å². The van der Waals surface area contributed by atoms with Gasteiger partial charge in [-0.05, 0) is 6.07 Å². The van der Waals surface area contributed by atoms with Gasteiger partial charge in [-0.15, -0.1) is 0 Å². The number of aromatic nitrogens is 2. The molecule has 2 N–H and O–H groups in total. The fourth-order valence-corrected chi connectivity index (χ4v) is 1.34. The first-order valence-corrected chi connectivity index (χ1v) is 3.96. The van der Waals surface area contributed by atoms with E-state index in [9.17, 15) is 14.9 Å². The number of hydrogen-bond acceptors (Lipinski definition) is 4. The lowest BCUT2D eigenvalue weighted by Gasteiger charge is -1.92. The Morgan fingerprint density at radius 3 is 2.87 bits per heavy atom. The largest absolute Gasteiger partial charge is 0.476 e. The number of carbonyl (C=O) groups is 1. The van der Waals surface area contributed by atoms with Crippen LogP contribution in [0.4, 0.5) is 5.69 Å². The lowest BCUT2D eigenvalue weighted by atomic mass is 10.2. The van der Waals surface area contributed by atoms with E-state index in [0.29, 0.717) is 0 Å². The van der Waals surface area contributed by atoms with Gasteiger partial charge in [0.2, 0.25) is 0 Å². The summed E-state index contributed by atoms with van der Waals surface area (Å²) in [6.07, 6.45) is 0. The van der Waals surface area contributed by atoms with Crippen LogP contribution in [0.15, 0.2) is 18.2 Å². The van der Waals surface area contributed by atoms with Crippen LogP contribution >= 0.6 is 0 Å². The molecule has 15 heavy (non-hydrogen) atoms. The predicted molar refractivity (Wildman–Crippen MR) is 49.7 cm³/mol. The van der Waals surface area contributed by atoms with Gasteiger partial charge in [0.1, 0.15) is 5.52 Å². The van der Waals surface area contributed by atoms with E-state index in [2.05, 4.69) is 10.2 Å². The van der Waals surface area contributed by atoms with Crippen molar-refractivity contribution >= 4 is 22.6 Å². The van der Waals surface area contributed by atoms with Crippen LogP contribution in [0, 0.1) is 10.1 Å². The van der Waals surface area contributed by atoms with Gasteiger partial charge in [0.05, 0.1) is 4.92 Å². The molecule has 0 unspecified atom stereocenters. The minimum atomic E-state index is -1.22. The number of non-ortho nitro benzene ring substituents is 1. The zero-order chi connectivity index (χ0) is 11.0. The first-order chi connectivity index (χ1) is 7.11. The molecule has 2 aromatic rings. The normalized spacial score (nSPS) is 10.4. The quantitative estimate of drug-likeness (QED) is 0.567. The maximum Gasteiger partial charge on any atom is 0.357 e. The number of nitrogens with one attached hydrogen (secondary N) is 1. The van der Waals surface area contributed by atoms with E-state index in [1.165, 1.54) is 18.2 Å². The third-order valence-corrected chi connectivity index (χ3v) is 1.98. The zero-order valence-corrected chi connectivity index (χ0v) is 7.30. The molecule has 0 bridgehead atoms. The average Bonchev–Trinajstić information content (AvgIpc) is 2.59. The van der Waals surface area contributed by atoms with Gasteiger partial charge in [-0.3, -0.25) is 15.2 Å². The molecule has 0 saturated heterocycles. The molecule has 76 valence electrons. The van der Waals surface area contributed by atoms with Gasteiger partial charge in [-0.2, -0.15) is 5.10 Å². The highest BCUT2D eigenvalue weighted by Gasteiger charge is 2.19. The molecule has 7 nitrogen and oxygen atoms in total. The van der Waals surface area contributed by atoms with Crippen molar-refractivity contribution in [2.75, 3.05) is 0 Å². The highest BCUT2D eigenvalue weighted by atomic mass is 16.6. The highest BCUT2D eigenvalue weighted by molar-refractivity contribution is 6.03. The van der Waals surface area contributed by atoms with E-state index in [4.69, 9.17) is 5.11 Å². The minimum Gasteiger partial charge on any atom is -0.476 e. The topological polar surface area (TPSA) is 109 Å². The number of benzene rings is 1. The molecule has 7 heteroatoms. The summed E-state index contributed by atoms with van der Waals surface area (Å²) >= 11 is 0. The smallest absolute Gasteiger partial charge is 0.357 e. The van der Waals surface area contributed by atoms with E-state index in [0.717, 1.165) is 0 Å². The second-order valence-electron chi connectivity index (χ2n) is 2.83. The second kappa shape index (κ2) is 3.05. The molecular weight excluding hydrogens is 202 g/mol. The summed E-state index contributed by atoms with van der Waals surface area (Å²) in [5.41, 5.74) is -0.277. The lowest BCUT2D eigenvalue weighted by molar-refractivity contribution is -0.383. The monoisotopic (exact) mass is 207 g/mol. The molecule has 0 atom stereocenters. The van der Waals surface area contributed by atoms with Crippen molar-refractivity contribution in [3.8, 4) is 0 Å².